The van der Waals surface area contributed by atoms with Crippen molar-refractivity contribution in [2.24, 2.45) is 5.73 Å². The lowest BCUT2D eigenvalue weighted by Crippen LogP contribution is -2.30. The van der Waals surface area contributed by atoms with Gasteiger partial charge in [-0.3, -0.25) is 14.4 Å². The van der Waals surface area contributed by atoms with Crippen LogP contribution in [0.15, 0.2) is 71.7 Å². The highest BCUT2D eigenvalue weighted by Gasteiger charge is 2.18. The monoisotopic (exact) mass is 521 g/mol. The zero-order valence-corrected chi connectivity index (χ0v) is 21.2. The second-order valence-corrected chi connectivity index (χ2v) is 8.32. The van der Waals surface area contributed by atoms with E-state index in [-0.39, 0.29) is 29.9 Å². The second kappa shape index (κ2) is 12.2. The summed E-state index contributed by atoms with van der Waals surface area (Å²) in [4.78, 5) is 45.4. The summed E-state index contributed by atoms with van der Waals surface area (Å²) >= 11 is 0. The van der Waals surface area contributed by atoms with Gasteiger partial charge in [0.25, 0.3) is 17.4 Å². The summed E-state index contributed by atoms with van der Waals surface area (Å²) in [5.41, 5.74) is 8.14. The molecule has 10 heteroatoms. The van der Waals surface area contributed by atoms with E-state index in [0.29, 0.717) is 41.0 Å². The largest absolute Gasteiger partial charge is 0.481 e. The Morgan fingerprint density at radius 2 is 1.84 bits per heavy atom. The molecule has 0 saturated carbocycles. The summed E-state index contributed by atoms with van der Waals surface area (Å²) in [6, 6.07) is 17.4. The average molecular weight is 522 g/mol. The number of hydrogen-bond acceptors (Lipinski definition) is 6. The van der Waals surface area contributed by atoms with Crippen LogP contribution in [0.5, 0.6) is 5.88 Å². The number of fused-ring (bicyclic) bond motifs is 1. The first-order valence-corrected chi connectivity index (χ1v) is 11.4. The van der Waals surface area contributed by atoms with Gasteiger partial charge in [0, 0.05) is 28.9 Å². The quantitative estimate of drug-likeness (QED) is 0.278. The Bertz CT molecular complexity index is 1470. The molecule has 37 heavy (non-hydrogen) atoms. The molecule has 1 atom stereocenters. The van der Waals surface area contributed by atoms with Gasteiger partial charge in [0.15, 0.2) is 0 Å². The van der Waals surface area contributed by atoms with E-state index in [1.165, 1.54) is 19.4 Å². The molecule has 4 rings (SSSR count). The van der Waals surface area contributed by atoms with Gasteiger partial charge in [0.2, 0.25) is 5.88 Å². The number of aromatic amines is 1. The maximum atomic E-state index is 13.0. The number of nitrogens with zero attached hydrogens (tertiary/aromatic N) is 1. The molecule has 2 amide bonds. The minimum Gasteiger partial charge on any atom is -0.481 e. The van der Waals surface area contributed by atoms with Gasteiger partial charge in [-0.15, -0.1) is 12.4 Å². The number of aromatic nitrogens is 2. The van der Waals surface area contributed by atoms with E-state index in [4.69, 9.17) is 10.5 Å². The van der Waals surface area contributed by atoms with E-state index < -0.39 is 11.5 Å². The normalized spacial score (nSPS) is 11.3. The van der Waals surface area contributed by atoms with Crippen LogP contribution in [0.3, 0.4) is 0 Å². The Kier molecular flexibility index (Phi) is 9.00. The van der Waals surface area contributed by atoms with Crippen molar-refractivity contribution in [2.45, 2.75) is 19.4 Å². The van der Waals surface area contributed by atoms with Crippen molar-refractivity contribution in [3.05, 3.63) is 99.5 Å². The molecular formula is C27H28ClN5O4. The third-order valence-electron chi connectivity index (χ3n) is 5.87. The van der Waals surface area contributed by atoms with Crippen LogP contribution in [-0.4, -0.2) is 35.4 Å². The number of H-pyrrole nitrogens is 1. The fraction of sp³-hybridized carbons (Fsp3) is 0.185. The Morgan fingerprint density at radius 1 is 1.08 bits per heavy atom. The third-order valence-corrected chi connectivity index (χ3v) is 5.87. The smallest absolute Gasteiger partial charge is 0.261 e. The lowest BCUT2D eigenvalue weighted by Gasteiger charge is -2.19. The predicted octanol–water partition coefficient (Wildman–Crippen LogP) is 3.73. The molecule has 2 aromatic carbocycles. The van der Waals surface area contributed by atoms with Crippen LogP contribution >= 0.6 is 12.4 Å². The number of ether oxygens (including phenoxy) is 1. The van der Waals surface area contributed by atoms with Crippen molar-refractivity contribution >= 4 is 40.8 Å². The number of nitrogens with one attached hydrogen (secondary N) is 3. The fourth-order valence-corrected chi connectivity index (χ4v) is 3.86. The van der Waals surface area contributed by atoms with E-state index in [1.54, 1.807) is 31.2 Å². The molecule has 4 aromatic rings. The first kappa shape index (κ1) is 27.4. The van der Waals surface area contributed by atoms with Crippen molar-refractivity contribution < 1.29 is 14.3 Å². The number of amides is 2. The van der Waals surface area contributed by atoms with Crippen LogP contribution in [0.4, 0.5) is 5.69 Å². The van der Waals surface area contributed by atoms with Crippen LogP contribution < -0.4 is 26.7 Å². The molecule has 0 aliphatic rings. The van der Waals surface area contributed by atoms with Gasteiger partial charge in [0.1, 0.15) is 5.56 Å². The SMILES string of the molecule is COc1cc2[nH]c(=O)c(C(=O)Nc3cc(C(=O)NC(CCN)c4ccccc4)ccc3C)cc2cn1.Cl. The molecule has 2 heterocycles. The van der Waals surface area contributed by atoms with E-state index in [0.717, 1.165) is 11.1 Å². The molecule has 1 unspecified atom stereocenters. The molecule has 192 valence electrons. The molecule has 0 fully saturated rings. The molecule has 0 radical (unpaired) electrons. The Balaban J connectivity index is 0.00000380. The fourth-order valence-electron chi connectivity index (χ4n) is 3.86. The van der Waals surface area contributed by atoms with Crippen LogP contribution in [-0.2, 0) is 0 Å². The molecule has 0 bridgehead atoms. The van der Waals surface area contributed by atoms with Crippen molar-refractivity contribution in [1.82, 2.24) is 15.3 Å². The summed E-state index contributed by atoms with van der Waals surface area (Å²) in [6.07, 6.45) is 2.10. The highest BCUT2D eigenvalue weighted by molar-refractivity contribution is 6.06. The van der Waals surface area contributed by atoms with Crippen molar-refractivity contribution in [1.29, 1.82) is 0 Å². The van der Waals surface area contributed by atoms with Gasteiger partial charge in [-0.1, -0.05) is 36.4 Å². The van der Waals surface area contributed by atoms with Crippen LogP contribution in [0.2, 0.25) is 0 Å². The Morgan fingerprint density at radius 3 is 2.54 bits per heavy atom. The van der Waals surface area contributed by atoms with E-state index in [1.807, 2.05) is 30.3 Å². The van der Waals surface area contributed by atoms with Crippen LogP contribution in [0.25, 0.3) is 10.9 Å². The highest BCUT2D eigenvalue weighted by atomic mass is 35.5. The molecule has 2 aromatic heterocycles. The summed E-state index contributed by atoms with van der Waals surface area (Å²) < 4.78 is 5.07. The number of pyridine rings is 2. The number of benzene rings is 2. The number of halogens is 1. The number of rotatable bonds is 8. The summed E-state index contributed by atoms with van der Waals surface area (Å²) in [5, 5.41) is 6.35. The van der Waals surface area contributed by atoms with Gasteiger partial charge in [-0.25, -0.2) is 4.98 Å². The topological polar surface area (TPSA) is 139 Å². The molecule has 0 spiro atoms. The lowest BCUT2D eigenvalue weighted by atomic mass is 10.0. The first-order chi connectivity index (χ1) is 17.4. The van der Waals surface area contributed by atoms with E-state index in [2.05, 4.69) is 20.6 Å². The zero-order valence-electron chi connectivity index (χ0n) is 20.4. The number of methoxy groups -OCH3 is 1. The molecule has 0 saturated heterocycles. The van der Waals surface area contributed by atoms with E-state index in [9.17, 15) is 14.4 Å². The van der Waals surface area contributed by atoms with Crippen molar-refractivity contribution in [3.63, 3.8) is 0 Å². The van der Waals surface area contributed by atoms with Gasteiger partial charge in [-0.2, -0.15) is 0 Å². The summed E-state index contributed by atoms with van der Waals surface area (Å²) in [6.45, 7) is 2.22. The maximum absolute atomic E-state index is 13.0. The number of carbonyl (C=O) groups excluding carboxylic acids is 2. The molecule has 0 aliphatic heterocycles. The molecule has 5 N–H and O–H groups in total. The molecular weight excluding hydrogens is 494 g/mol. The zero-order chi connectivity index (χ0) is 25.7. The third kappa shape index (κ3) is 6.32. The van der Waals surface area contributed by atoms with Crippen LogP contribution in [0.1, 0.15) is 44.3 Å². The predicted molar refractivity (Wildman–Crippen MR) is 146 cm³/mol. The van der Waals surface area contributed by atoms with Gasteiger partial charge in [-0.05, 0) is 49.2 Å². The van der Waals surface area contributed by atoms with E-state index >= 15 is 0 Å². The minimum absolute atomic E-state index is 0. The lowest BCUT2D eigenvalue weighted by molar-refractivity contribution is 0.0934. The summed E-state index contributed by atoms with van der Waals surface area (Å²) in [7, 11) is 1.48. The van der Waals surface area contributed by atoms with Crippen molar-refractivity contribution in [2.75, 3.05) is 19.0 Å². The summed E-state index contributed by atoms with van der Waals surface area (Å²) in [5.74, 6) is -0.543. The molecule has 9 nitrogen and oxygen atoms in total. The van der Waals surface area contributed by atoms with Gasteiger partial charge in [0.05, 0.1) is 18.7 Å². The first-order valence-electron chi connectivity index (χ1n) is 11.4. The van der Waals surface area contributed by atoms with Gasteiger partial charge < -0.3 is 26.1 Å². The number of carbonyl (C=O) groups is 2. The number of anilines is 1. The maximum Gasteiger partial charge on any atom is 0.261 e. The Labute approximate surface area is 219 Å². The van der Waals surface area contributed by atoms with Gasteiger partial charge >= 0.3 is 0 Å². The average Bonchev–Trinajstić information content (AvgIpc) is 2.89. The number of hydrogen-bond donors (Lipinski definition) is 4. The molecule has 0 aliphatic carbocycles. The standard InChI is InChI=1S/C27H27N5O4.ClH/c1-16-8-9-18(25(33)30-21(10-11-28)17-6-4-3-5-7-17)13-22(16)31-26(34)20-12-19-15-29-24(36-2)14-23(19)32-27(20)35;/h3-9,12-15,21H,10-11,28H2,1-2H3,(H,30,33)(H,31,34)(H,32,35);1H. The van der Waals surface area contributed by atoms with Crippen LogP contribution in [0, 0.1) is 6.92 Å². The Hall–Kier alpha value is -4.21. The highest BCUT2D eigenvalue weighted by Crippen LogP contribution is 2.21. The number of nitrogens with two attached hydrogens (primary N) is 1. The number of aryl methyl sites for hydroxylation is 1. The second-order valence-electron chi connectivity index (χ2n) is 8.32. The van der Waals surface area contributed by atoms with Crippen molar-refractivity contribution in [3.8, 4) is 5.88 Å². The minimum atomic E-state index is -0.597.